The summed E-state index contributed by atoms with van der Waals surface area (Å²) in [6, 6.07) is 11.8. The molecule has 0 unspecified atom stereocenters. The smallest absolute Gasteiger partial charge is 0.226 e. The maximum absolute atomic E-state index is 11.9. The van der Waals surface area contributed by atoms with E-state index in [0.717, 1.165) is 63.5 Å². The third kappa shape index (κ3) is 3.82. The third-order valence-electron chi connectivity index (χ3n) is 6.92. The molecule has 0 spiro atoms. The van der Waals surface area contributed by atoms with Crippen LogP contribution in [0.5, 0.6) is 0 Å². The molecule has 0 bridgehead atoms. The number of fused-ring (bicyclic) bond motifs is 1. The van der Waals surface area contributed by atoms with E-state index in [2.05, 4.69) is 40.4 Å². The van der Waals surface area contributed by atoms with Gasteiger partial charge in [-0.15, -0.1) is 0 Å². The number of amides is 1. The van der Waals surface area contributed by atoms with E-state index in [4.69, 9.17) is 9.51 Å². The molecule has 0 radical (unpaired) electrons. The largest absolute Gasteiger partial charge is 0.343 e. The summed E-state index contributed by atoms with van der Waals surface area (Å²) in [5, 5.41) is 4.37. The minimum absolute atomic E-state index is 0.293. The number of likely N-dealkylation sites (tertiary alicyclic amines) is 1. The summed E-state index contributed by atoms with van der Waals surface area (Å²) in [5.41, 5.74) is 1.40. The van der Waals surface area contributed by atoms with Gasteiger partial charge in [-0.2, -0.15) is 4.98 Å². The Labute approximate surface area is 172 Å². The van der Waals surface area contributed by atoms with Crippen LogP contribution >= 0.6 is 0 Å². The Balaban J connectivity index is 1.22. The number of carbonyl (C=O) groups excluding carboxylic acids is 1. The van der Waals surface area contributed by atoms with Crippen molar-refractivity contribution in [1.82, 2.24) is 19.9 Å². The molecule has 29 heavy (non-hydrogen) atoms. The van der Waals surface area contributed by atoms with Gasteiger partial charge in [0.05, 0.1) is 0 Å². The van der Waals surface area contributed by atoms with E-state index < -0.39 is 0 Å². The lowest BCUT2D eigenvalue weighted by Gasteiger charge is -2.26. The van der Waals surface area contributed by atoms with Gasteiger partial charge in [0, 0.05) is 43.9 Å². The van der Waals surface area contributed by atoms with Gasteiger partial charge in [0.25, 0.3) is 0 Å². The molecule has 2 aromatic rings. The van der Waals surface area contributed by atoms with Crippen LogP contribution in [0, 0.1) is 0 Å². The fraction of sp³-hybridized carbons (Fsp3) is 0.609. The van der Waals surface area contributed by atoms with E-state index in [0.29, 0.717) is 30.3 Å². The first kappa shape index (κ1) is 18.8. The van der Waals surface area contributed by atoms with Crippen LogP contribution in [0.3, 0.4) is 0 Å². The molecule has 3 aliphatic heterocycles. The number of piperidine rings is 1. The van der Waals surface area contributed by atoms with Crippen molar-refractivity contribution in [2.24, 2.45) is 0 Å². The Hall–Kier alpha value is -2.21. The number of carbonyl (C=O) groups is 1. The molecular formula is C23H30N4O2. The molecule has 3 saturated heterocycles. The molecule has 1 amide bonds. The normalized spacial score (nSPS) is 27.5. The Kier molecular flexibility index (Phi) is 5.36. The Morgan fingerprint density at radius 3 is 2.86 bits per heavy atom. The summed E-state index contributed by atoms with van der Waals surface area (Å²) < 4.78 is 5.60. The highest BCUT2D eigenvalue weighted by atomic mass is 16.5. The third-order valence-corrected chi connectivity index (χ3v) is 6.92. The fourth-order valence-electron chi connectivity index (χ4n) is 5.49. The van der Waals surface area contributed by atoms with Gasteiger partial charge >= 0.3 is 0 Å². The lowest BCUT2D eigenvalue weighted by Crippen LogP contribution is -2.36. The first-order chi connectivity index (χ1) is 14.3. The number of rotatable bonds is 6. The quantitative estimate of drug-likeness (QED) is 0.747. The Bertz CT molecular complexity index is 836. The van der Waals surface area contributed by atoms with Crippen molar-refractivity contribution in [2.75, 3.05) is 19.6 Å². The van der Waals surface area contributed by atoms with Gasteiger partial charge in [-0.3, -0.25) is 9.69 Å². The Morgan fingerprint density at radius 2 is 2.00 bits per heavy atom. The minimum atomic E-state index is 0.293. The second kappa shape index (κ2) is 8.27. The maximum atomic E-state index is 11.9. The van der Waals surface area contributed by atoms with Crippen LogP contribution in [-0.2, 0) is 11.2 Å². The molecule has 0 aliphatic carbocycles. The van der Waals surface area contributed by atoms with Gasteiger partial charge < -0.3 is 9.42 Å². The molecule has 1 aromatic heterocycles. The highest BCUT2D eigenvalue weighted by molar-refractivity contribution is 5.76. The SMILES string of the molecule is O=C1CCCCN1CCCc1nc([C@H]2C[C@@H](c3ccccc3)N3CCC[C@H]23)no1. The molecule has 0 N–H and O–H groups in total. The molecule has 3 atom stereocenters. The van der Waals surface area contributed by atoms with E-state index in [1.807, 2.05) is 4.90 Å². The Morgan fingerprint density at radius 1 is 1.10 bits per heavy atom. The van der Waals surface area contributed by atoms with Crippen LogP contribution in [0.15, 0.2) is 34.9 Å². The van der Waals surface area contributed by atoms with E-state index in [9.17, 15) is 4.79 Å². The van der Waals surface area contributed by atoms with Gasteiger partial charge in [-0.25, -0.2) is 0 Å². The van der Waals surface area contributed by atoms with Crippen molar-refractivity contribution < 1.29 is 9.32 Å². The summed E-state index contributed by atoms with van der Waals surface area (Å²) in [7, 11) is 0. The van der Waals surface area contributed by atoms with Crippen molar-refractivity contribution in [3.05, 3.63) is 47.6 Å². The second-order valence-corrected chi connectivity index (χ2v) is 8.70. The van der Waals surface area contributed by atoms with Crippen LogP contribution < -0.4 is 0 Å². The van der Waals surface area contributed by atoms with Crippen LogP contribution in [0.2, 0.25) is 0 Å². The number of nitrogens with zero attached hydrogens (tertiary/aromatic N) is 4. The summed E-state index contributed by atoms with van der Waals surface area (Å²) >= 11 is 0. The van der Waals surface area contributed by atoms with Crippen LogP contribution in [0.25, 0.3) is 0 Å². The second-order valence-electron chi connectivity index (χ2n) is 8.70. The molecule has 3 aliphatic rings. The van der Waals surface area contributed by atoms with Crippen LogP contribution in [0.1, 0.15) is 74.2 Å². The van der Waals surface area contributed by atoms with Crippen LogP contribution in [-0.4, -0.2) is 51.5 Å². The molecule has 154 valence electrons. The molecule has 4 heterocycles. The first-order valence-corrected chi connectivity index (χ1v) is 11.2. The summed E-state index contributed by atoms with van der Waals surface area (Å²) in [6.07, 6.45) is 8.03. The van der Waals surface area contributed by atoms with Crippen molar-refractivity contribution in [2.45, 2.75) is 69.4 Å². The van der Waals surface area contributed by atoms with Crippen molar-refractivity contribution >= 4 is 5.91 Å². The van der Waals surface area contributed by atoms with E-state index in [1.165, 1.54) is 18.4 Å². The minimum Gasteiger partial charge on any atom is -0.343 e. The first-order valence-electron chi connectivity index (χ1n) is 11.2. The van der Waals surface area contributed by atoms with Crippen molar-refractivity contribution in [3.8, 4) is 0 Å². The van der Waals surface area contributed by atoms with Crippen LogP contribution in [0.4, 0.5) is 0 Å². The van der Waals surface area contributed by atoms with Gasteiger partial charge in [-0.05, 0) is 50.6 Å². The molecule has 6 heteroatoms. The molecular weight excluding hydrogens is 364 g/mol. The zero-order chi connectivity index (χ0) is 19.6. The molecule has 5 rings (SSSR count). The lowest BCUT2D eigenvalue weighted by molar-refractivity contribution is -0.133. The average molecular weight is 395 g/mol. The van der Waals surface area contributed by atoms with Gasteiger partial charge in [0.1, 0.15) is 0 Å². The molecule has 1 aromatic carbocycles. The molecule has 0 saturated carbocycles. The molecule has 3 fully saturated rings. The standard InChI is InChI=1S/C23H30N4O2/c28-22-12-4-5-13-26(22)14-7-11-21-24-23(25-29-21)18-16-20(17-8-2-1-3-9-17)27-15-6-10-19(18)27/h1-3,8-9,18-20H,4-7,10-16H2/t18-,19+,20-/m0/s1. The number of hydrogen-bond acceptors (Lipinski definition) is 5. The van der Waals surface area contributed by atoms with E-state index in [-0.39, 0.29) is 0 Å². The van der Waals surface area contributed by atoms with Gasteiger partial charge in [0.15, 0.2) is 5.82 Å². The zero-order valence-corrected chi connectivity index (χ0v) is 17.0. The van der Waals surface area contributed by atoms with E-state index in [1.54, 1.807) is 0 Å². The number of aryl methyl sites for hydroxylation is 1. The van der Waals surface area contributed by atoms with E-state index >= 15 is 0 Å². The number of aromatic nitrogens is 2. The van der Waals surface area contributed by atoms with Gasteiger partial charge in [0.2, 0.25) is 11.8 Å². The zero-order valence-electron chi connectivity index (χ0n) is 17.0. The summed E-state index contributed by atoms with van der Waals surface area (Å²) in [4.78, 5) is 21.3. The van der Waals surface area contributed by atoms with Crippen molar-refractivity contribution in [3.63, 3.8) is 0 Å². The number of hydrogen-bond donors (Lipinski definition) is 0. The number of benzene rings is 1. The van der Waals surface area contributed by atoms with Crippen molar-refractivity contribution in [1.29, 1.82) is 0 Å². The molecule has 6 nitrogen and oxygen atoms in total. The highest BCUT2D eigenvalue weighted by Gasteiger charge is 2.46. The van der Waals surface area contributed by atoms with Gasteiger partial charge in [-0.1, -0.05) is 35.5 Å². The monoisotopic (exact) mass is 394 g/mol. The lowest BCUT2D eigenvalue weighted by atomic mass is 9.94. The highest BCUT2D eigenvalue weighted by Crippen LogP contribution is 2.48. The topological polar surface area (TPSA) is 62.5 Å². The predicted octanol–water partition coefficient (Wildman–Crippen LogP) is 3.71. The predicted molar refractivity (Wildman–Crippen MR) is 109 cm³/mol. The summed E-state index contributed by atoms with van der Waals surface area (Å²) in [5.74, 6) is 2.24. The summed E-state index contributed by atoms with van der Waals surface area (Å²) in [6.45, 7) is 2.86. The fourth-order valence-corrected chi connectivity index (χ4v) is 5.49. The maximum Gasteiger partial charge on any atom is 0.226 e. The average Bonchev–Trinajstić information content (AvgIpc) is 3.47.